The molecule has 1 fully saturated rings. The van der Waals surface area contributed by atoms with Crippen LogP contribution in [0.5, 0.6) is 0 Å². The minimum atomic E-state index is 0.311. The maximum absolute atomic E-state index is 4.71. The number of anilines is 1. The van der Waals surface area contributed by atoms with E-state index in [1.807, 2.05) is 7.05 Å². The highest BCUT2D eigenvalue weighted by Crippen LogP contribution is 2.69. The van der Waals surface area contributed by atoms with Crippen molar-refractivity contribution in [2.75, 3.05) is 12.4 Å². The van der Waals surface area contributed by atoms with Crippen molar-refractivity contribution in [2.45, 2.75) is 39.0 Å². The van der Waals surface area contributed by atoms with Crippen LogP contribution in [0.4, 0.5) is 5.13 Å². The van der Waals surface area contributed by atoms with E-state index >= 15 is 0 Å². The lowest BCUT2D eigenvalue weighted by Gasteiger charge is -2.04. The standard InChI is InChI=1S/C17H22N2S/c1-5-11-7-6-8-12(9-11)14-15(17(14,2)3)13-10-20-16(18-4)19-13/h6-10,14-15H,5H2,1-4H3,(H,18,19)/t14-,15-/m1/s1. The number of hydrogen-bond donors (Lipinski definition) is 1. The predicted octanol–water partition coefficient (Wildman–Crippen LogP) is 4.65. The quantitative estimate of drug-likeness (QED) is 0.884. The number of thiazole rings is 1. The Hall–Kier alpha value is -1.35. The lowest BCUT2D eigenvalue weighted by atomic mass is 10.0. The van der Waals surface area contributed by atoms with Gasteiger partial charge in [-0.05, 0) is 28.9 Å². The van der Waals surface area contributed by atoms with Crippen LogP contribution < -0.4 is 5.32 Å². The van der Waals surface area contributed by atoms with Crippen molar-refractivity contribution in [3.05, 3.63) is 46.5 Å². The van der Waals surface area contributed by atoms with Crippen molar-refractivity contribution in [2.24, 2.45) is 5.41 Å². The Morgan fingerprint density at radius 1 is 1.30 bits per heavy atom. The molecule has 106 valence electrons. The number of aryl methyl sites for hydroxylation is 1. The van der Waals surface area contributed by atoms with Crippen LogP contribution in [0.15, 0.2) is 29.6 Å². The third-order valence-electron chi connectivity index (χ3n) is 4.60. The second-order valence-electron chi connectivity index (χ2n) is 6.20. The largest absolute Gasteiger partial charge is 0.365 e. The normalized spacial score (nSPS) is 23.6. The van der Waals surface area contributed by atoms with Gasteiger partial charge in [0.15, 0.2) is 5.13 Å². The third-order valence-corrected chi connectivity index (χ3v) is 5.48. The minimum Gasteiger partial charge on any atom is -0.365 e. The van der Waals surface area contributed by atoms with Crippen LogP contribution in [-0.2, 0) is 6.42 Å². The summed E-state index contributed by atoms with van der Waals surface area (Å²) in [5, 5.41) is 6.37. The van der Waals surface area contributed by atoms with Gasteiger partial charge in [0, 0.05) is 18.3 Å². The lowest BCUT2D eigenvalue weighted by Crippen LogP contribution is -1.92. The van der Waals surface area contributed by atoms with Crippen molar-refractivity contribution >= 4 is 16.5 Å². The van der Waals surface area contributed by atoms with E-state index < -0.39 is 0 Å². The molecule has 3 heteroatoms. The second-order valence-corrected chi connectivity index (χ2v) is 7.06. The average molecular weight is 286 g/mol. The first kappa shape index (κ1) is 13.6. The summed E-state index contributed by atoms with van der Waals surface area (Å²) in [7, 11) is 1.93. The second kappa shape index (κ2) is 4.88. The summed E-state index contributed by atoms with van der Waals surface area (Å²) in [6.45, 7) is 6.94. The van der Waals surface area contributed by atoms with Crippen molar-refractivity contribution in [3.8, 4) is 0 Å². The van der Waals surface area contributed by atoms with Crippen molar-refractivity contribution < 1.29 is 0 Å². The highest BCUT2D eigenvalue weighted by molar-refractivity contribution is 7.13. The fraction of sp³-hybridized carbons (Fsp3) is 0.471. The van der Waals surface area contributed by atoms with E-state index in [4.69, 9.17) is 4.98 Å². The Morgan fingerprint density at radius 2 is 2.10 bits per heavy atom. The molecule has 20 heavy (non-hydrogen) atoms. The van der Waals surface area contributed by atoms with Gasteiger partial charge in [-0.1, -0.05) is 45.0 Å². The van der Waals surface area contributed by atoms with E-state index in [2.05, 4.69) is 55.7 Å². The topological polar surface area (TPSA) is 24.9 Å². The summed E-state index contributed by atoms with van der Waals surface area (Å²) in [5.41, 5.74) is 4.46. The minimum absolute atomic E-state index is 0.311. The van der Waals surface area contributed by atoms with Crippen LogP contribution >= 0.6 is 11.3 Å². The molecule has 0 saturated heterocycles. The van der Waals surface area contributed by atoms with Crippen molar-refractivity contribution in [1.29, 1.82) is 0 Å². The Bertz CT molecular complexity index is 615. The molecule has 2 atom stereocenters. The molecule has 0 spiro atoms. The summed E-state index contributed by atoms with van der Waals surface area (Å²) in [6, 6.07) is 9.06. The predicted molar refractivity (Wildman–Crippen MR) is 86.7 cm³/mol. The van der Waals surface area contributed by atoms with Gasteiger partial charge in [0.2, 0.25) is 0 Å². The molecule has 1 aromatic heterocycles. The molecule has 3 rings (SSSR count). The molecule has 0 amide bonds. The number of nitrogens with zero attached hydrogens (tertiary/aromatic N) is 1. The lowest BCUT2D eigenvalue weighted by molar-refractivity contribution is 0.598. The van der Waals surface area contributed by atoms with Gasteiger partial charge < -0.3 is 5.32 Å². The zero-order valence-corrected chi connectivity index (χ0v) is 13.4. The number of rotatable bonds is 4. The maximum atomic E-state index is 4.71. The molecular weight excluding hydrogens is 264 g/mol. The van der Waals surface area contributed by atoms with Gasteiger partial charge in [0.1, 0.15) is 0 Å². The molecule has 1 saturated carbocycles. The zero-order chi connectivity index (χ0) is 14.3. The van der Waals surface area contributed by atoms with Crippen molar-refractivity contribution in [1.82, 2.24) is 4.98 Å². The molecule has 0 unspecified atom stereocenters. The Kier molecular flexibility index (Phi) is 3.33. The molecule has 1 aliphatic carbocycles. The molecule has 0 aliphatic heterocycles. The van der Waals surface area contributed by atoms with E-state index in [-0.39, 0.29) is 0 Å². The van der Waals surface area contributed by atoms with Crippen molar-refractivity contribution in [3.63, 3.8) is 0 Å². The molecule has 0 bridgehead atoms. The molecule has 1 heterocycles. The fourth-order valence-electron chi connectivity index (χ4n) is 3.36. The summed E-state index contributed by atoms with van der Waals surface area (Å²) in [4.78, 5) is 4.71. The first-order valence-electron chi connectivity index (χ1n) is 7.30. The maximum Gasteiger partial charge on any atom is 0.182 e. The summed E-state index contributed by atoms with van der Waals surface area (Å²) in [6.07, 6.45) is 1.10. The van der Waals surface area contributed by atoms with E-state index in [0.29, 0.717) is 17.3 Å². The van der Waals surface area contributed by atoms with E-state index in [9.17, 15) is 0 Å². The van der Waals surface area contributed by atoms with Gasteiger partial charge in [-0.3, -0.25) is 0 Å². The van der Waals surface area contributed by atoms with Gasteiger partial charge >= 0.3 is 0 Å². The molecule has 1 aliphatic rings. The van der Waals surface area contributed by atoms with Gasteiger partial charge in [0.05, 0.1) is 5.69 Å². The van der Waals surface area contributed by atoms with Gasteiger partial charge in [0.25, 0.3) is 0 Å². The van der Waals surface area contributed by atoms with Crippen LogP contribution in [0.1, 0.15) is 49.4 Å². The van der Waals surface area contributed by atoms with Gasteiger partial charge in [-0.25, -0.2) is 4.98 Å². The first-order valence-corrected chi connectivity index (χ1v) is 8.18. The molecular formula is C17H22N2S. The monoisotopic (exact) mass is 286 g/mol. The van der Waals surface area contributed by atoms with Crippen LogP contribution in [-0.4, -0.2) is 12.0 Å². The first-order chi connectivity index (χ1) is 9.57. The Morgan fingerprint density at radius 3 is 2.75 bits per heavy atom. The molecule has 1 aromatic carbocycles. The zero-order valence-electron chi connectivity index (χ0n) is 12.6. The molecule has 0 radical (unpaired) electrons. The van der Waals surface area contributed by atoms with E-state index in [1.54, 1.807) is 11.3 Å². The summed E-state index contributed by atoms with van der Waals surface area (Å²) in [5.74, 6) is 1.15. The number of benzene rings is 1. The highest BCUT2D eigenvalue weighted by atomic mass is 32.1. The molecule has 1 N–H and O–H groups in total. The highest BCUT2D eigenvalue weighted by Gasteiger charge is 2.59. The molecule has 2 aromatic rings. The van der Waals surface area contributed by atoms with E-state index in [0.717, 1.165) is 11.6 Å². The number of nitrogens with one attached hydrogen (secondary N) is 1. The third kappa shape index (κ3) is 2.14. The van der Waals surface area contributed by atoms with Crippen LogP contribution in [0.2, 0.25) is 0 Å². The molecule has 2 nitrogen and oxygen atoms in total. The summed E-state index contributed by atoms with van der Waals surface area (Å²) < 4.78 is 0. The number of aromatic nitrogens is 1. The van der Waals surface area contributed by atoms with Gasteiger partial charge in [-0.2, -0.15) is 0 Å². The van der Waals surface area contributed by atoms with Gasteiger partial charge in [-0.15, -0.1) is 11.3 Å². The smallest absolute Gasteiger partial charge is 0.182 e. The van der Waals surface area contributed by atoms with Crippen LogP contribution in [0, 0.1) is 5.41 Å². The number of hydrogen-bond acceptors (Lipinski definition) is 3. The summed E-state index contributed by atoms with van der Waals surface area (Å²) >= 11 is 1.70. The van der Waals surface area contributed by atoms with Crippen LogP contribution in [0.3, 0.4) is 0 Å². The average Bonchev–Trinajstić information content (AvgIpc) is 2.83. The fourth-order valence-corrected chi connectivity index (χ4v) is 4.07. The Labute approximate surface area is 125 Å². The van der Waals surface area contributed by atoms with E-state index in [1.165, 1.54) is 16.8 Å². The Balaban J connectivity index is 1.90. The SMILES string of the molecule is CCc1cccc([C@@H]2[C@@H](c3csc(NC)n3)C2(C)C)c1. The van der Waals surface area contributed by atoms with Crippen LogP contribution in [0.25, 0.3) is 0 Å².